The van der Waals surface area contributed by atoms with Crippen molar-refractivity contribution in [3.63, 3.8) is 0 Å². The molecule has 1 amide bonds. The minimum atomic E-state index is 0. The van der Waals surface area contributed by atoms with Crippen LogP contribution >= 0.6 is 24.0 Å². The van der Waals surface area contributed by atoms with Crippen molar-refractivity contribution in [1.29, 1.82) is 0 Å². The third kappa shape index (κ3) is 7.65. The third-order valence-electron chi connectivity index (χ3n) is 4.75. The van der Waals surface area contributed by atoms with E-state index in [1.165, 1.54) is 12.8 Å². The summed E-state index contributed by atoms with van der Waals surface area (Å²) < 4.78 is 5.20. The Labute approximate surface area is 169 Å². The largest absolute Gasteiger partial charge is 0.383 e. The number of nitrogens with zero attached hydrogens (tertiary/aromatic N) is 3. The average Bonchev–Trinajstić information content (AvgIpc) is 3.34. The Morgan fingerprint density at radius 2 is 2.08 bits per heavy atom. The number of hydrogen-bond acceptors (Lipinski definition) is 4. The summed E-state index contributed by atoms with van der Waals surface area (Å²) in [5.41, 5.74) is 0. The van der Waals surface area contributed by atoms with Gasteiger partial charge >= 0.3 is 0 Å². The number of hydrogen-bond donors (Lipinski definition) is 2. The fourth-order valence-electron chi connectivity index (χ4n) is 3.16. The molecule has 2 rings (SSSR count). The monoisotopic (exact) mass is 467 g/mol. The highest BCUT2D eigenvalue weighted by Crippen LogP contribution is 2.25. The fourth-order valence-corrected chi connectivity index (χ4v) is 3.16. The number of carbonyl (C=O) groups excluding carboxylic acids is 1. The van der Waals surface area contributed by atoms with Crippen LogP contribution in [0.1, 0.15) is 32.6 Å². The summed E-state index contributed by atoms with van der Waals surface area (Å²) in [5.74, 6) is 1.06. The van der Waals surface area contributed by atoms with E-state index in [0.717, 1.165) is 57.8 Å². The first-order valence-corrected chi connectivity index (χ1v) is 9.15. The molecule has 1 saturated heterocycles. The topological polar surface area (TPSA) is 69.2 Å². The second kappa shape index (κ2) is 11.9. The number of nitrogens with one attached hydrogen (secondary N) is 2. The molecule has 1 aliphatic carbocycles. The van der Waals surface area contributed by atoms with Crippen LogP contribution in [0.15, 0.2) is 4.99 Å². The number of carbonyl (C=O) groups is 1. The zero-order chi connectivity index (χ0) is 17.4. The van der Waals surface area contributed by atoms with Gasteiger partial charge < -0.3 is 20.3 Å². The van der Waals surface area contributed by atoms with Gasteiger partial charge in [0.15, 0.2) is 5.96 Å². The van der Waals surface area contributed by atoms with E-state index in [0.29, 0.717) is 12.5 Å². The molecule has 0 radical (unpaired) electrons. The summed E-state index contributed by atoms with van der Waals surface area (Å²) in [6, 6.07) is 1.03. The molecule has 8 heteroatoms. The second-order valence-electron chi connectivity index (χ2n) is 6.58. The maximum absolute atomic E-state index is 11.8. The van der Waals surface area contributed by atoms with Crippen LogP contribution in [-0.2, 0) is 9.53 Å². The predicted molar refractivity (Wildman–Crippen MR) is 112 cm³/mol. The molecular weight excluding hydrogens is 433 g/mol. The summed E-state index contributed by atoms with van der Waals surface area (Å²) in [4.78, 5) is 20.5. The van der Waals surface area contributed by atoms with Crippen molar-refractivity contribution in [1.82, 2.24) is 20.4 Å². The number of rotatable bonds is 9. The molecule has 0 aromatic rings. The molecule has 2 aliphatic rings. The Kier molecular flexibility index (Phi) is 10.7. The van der Waals surface area contributed by atoms with Gasteiger partial charge in [0.1, 0.15) is 0 Å². The lowest BCUT2D eigenvalue weighted by Crippen LogP contribution is -2.47. The molecule has 2 fully saturated rings. The Morgan fingerprint density at radius 3 is 2.68 bits per heavy atom. The van der Waals surface area contributed by atoms with Gasteiger partial charge in [0.25, 0.3) is 0 Å². The van der Waals surface area contributed by atoms with Crippen LogP contribution in [0.2, 0.25) is 0 Å². The standard InChI is InChI=1S/C17H33N5O2.HI/c1-4-16(23)22-9-7-14(13-22)20-17(18-2)19-8-10-21(11-12-24-3)15-5-6-15;/h14-15H,4-13H2,1-3H3,(H2,18,19,20);1H. The summed E-state index contributed by atoms with van der Waals surface area (Å²) >= 11 is 0. The molecule has 7 nitrogen and oxygen atoms in total. The molecule has 1 unspecified atom stereocenters. The van der Waals surface area contributed by atoms with Crippen molar-refractivity contribution in [3.05, 3.63) is 0 Å². The molecule has 1 saturated carbocycles. The van der Waals surface area contributed by atoms with E-state index in [4.69, 9.17) is 4.74 Å². The number of amides is 1. The van der Waals surface area contributed by atoms with Crippen molar-refractivity contribution in [2.24, 2.45) is 4.99 Å². The van der Waals surface area contributed by atoms with Gasteiger partial charge in [0.2, 0.25) is 5.91 Å². The molecule has 0 aromatic heterocycles. The second-order valence-corrected chi connectivity index (χ2v) is 6.58. The molecule has 1 atom stereocenters. The summed E-state index contributed by atoms with van der Waals surface area (Å²) in [7, 11) is 3.55. The SMILES string of the molecule is CCC(=O)N1CCC(NC(=NC)NCCN(CCOC)C2CC2)C1.I. The lowest BCUT2D eigenvalue weighted by molar-refractivity contribution is -0.129. The van der Waals surface area contributed by atoms with Gasteiger partial charge in [-0.25, -0.2) is 0 Å². The van der Waals surface area contributed by atoms with E-state index >= 15 is 0 Å². The minimum absolute atomic E-state index is 0. The fraction of sp³-hybridized carbons (Fsp3) is 0.882. The number of methoxy groups -OCH3 is 1. The van der Waals surface area contributed by atoms with Crippen molar-refractivity contribution >= 4 is 35.8 Å². The predicted octanol–water partition coefficient (Wildman–Crippen LogP) is 0.891. The molecule has 2 N–H and O–H groups in total. The summed E-state index contributed by atoms with van der Waals surface area (Å²) in [5, 5.41) is 6.83. The first-order chi connectivity index (χ1) is 11.7. The zero-order valence-electron chi connectivity index (χ0n) is 15.8. The van der Waals surface area contributed by atoms with Gasteiger partial charge in [-0.3, -0.25) is 14.7 Å². The highest BCUT2D eigenvalue weighted by molar-refractivity contribution is 14.0. The lowest BCUT2D eigenvalue weighted by atomic mass is 10.3. The molecule has 0 aromatic carbocycles. The number of aliphatic imine (C=N–C) groups is 1. The number of ether oxygens (including phenoxy) is 1. The Hall–Kier alpha value is -0.610. The Morgan fingerprint density at radius 1 is 1.32 bits per heavy atom. The molecular formula is C17H34IN5O2. The normalized spacial score (nSPS) is 20.6. The van der Waals surface area contributed by atoms with Gasteiger partial charge in [0, 0.05) is 65.4 Å². The van der Waals surface area contributed by atoms with Crippen molar-refractivity contribution in [2.75, 3.05) is 53.5 Å². The van der Waals surface area contributed by atoms with Gasteiger partial charge in [-0.15, -0.1) is 24.0 Å². The van der Waals surface area contributed by atoms with E-state index in [1.807, 2.05) is 11.8 Å². The first-order valence-electron chi connectivity index (χ1n) is 9.15. The third-order valence-corrected chi connectivity index (χ3v) is 4.75. The minimum Gasteiger partial charge on any atom is -0.383 e. The molecule has 1 aliphatic heterocycles. The highest BCUT2D eigenvalue weighted by atomic mass is 127. The van der Waals surface area contributed by atoms with Crippen LogP contribution in [0.4, 0.5) is 0 Å². The van der Waals surface area contributed by atoms with E-state index in [1.54, 1.807) is 14.2 Å². The Bertz CT molecular complexity index is 431. The van der Waals surface area contributed by atoms with E-state index < -0.39 is 0 Å². The lowest BCUT2D eigenvalue weighted by Gasteiger charge is -2.23. The maximum atomic E-state index is 11.8. The van der Waals surface area contributed by atoms with E-state index in [9.17, 15) is 4.79 Å². The van der Waals surface area contributed by atoms with E-state index in [-0.39, 0.29) is 29.9 Å². The number of likely N-dealkylation sites (tertiary alicyclic amines) is 1. The molecule has 1 heterocycles. The smallest absolute Gasteiger partial charge is 0.222 e. The molecule has 146 valence electrons. The Balaban J connectivity index is 0.00000312. The number of halogens is 1. The summed E-state index contributed by atoms with van der Waals surface area (Å²) in [6.45, 7) is 7.17. The van der Waals surface area contributed by atoms with Crippen LogP contribution in [0.25, 0.3) is 0 Å². The molecule has 25 heavy (non-hydrogen) atoms. The van der Waals surface area contributed by atoms with E-state index in [2.05, 4.69) is 20.5 Å². The zero-order valence-corrected chi connectivity index (χ0v) is 18.1. The quantitative estimate of drug-likeness (QED) is 0.300. The van der Waals surface area contributed by atoms with Gasteiger partial charge in [0.05, 0.1) is 6.61 Å². The highest BCUT2D eigenvalue weighted by Gasteiger charge is 2.28. The summed E-state index contributed by atoms with van der Waals surface area (Å²) in [6.07, 6.45) is 4.17. The number of guanidine groups is 1. The van der Waals surface area contributed by atoms with Crippen LogP contribution in [0.5, 0.6) is 0 Å². The maximum Gasteiger partial charge on any atom is 0.222 e. The van der Waals surface area contributed by atoms with Crippen LogP contribution in [-0.4, -0.2) is 87.2 Å². The average molecular weight is 467 g/mol. The first kappa shape index (κ1) is 22.4. The molecule has 0 spiro atoms. The van der Waals surface area contributed by atoms with Gasteiger partial charge in [-0.05, 0) is 19.3 Å². The van der Waals surface area contributed by atoms with Crippen LogP contribution < -0.4 is 10.6 Å². The van der Waals surface area contributed by atoms with Crippen LogP contribution in [0, 0.1) is 0 Å². The van der Waals surface area contributed by atoms with Crippen molar-refractivity contribution in [2.45, 2.75) is 44.7 Å². The van der Waals surface area contributed by atoms with Gasteiger partial charge in [-0.2, -0.15) is 0 Å². The van der Waals surface area contributed by atoms with Crippen LogP contribution in [0.3, 0.4) is 0 Å². The van der Waals surface area contributed by atoms with Crippen molar-refractivity contribution < 1.29 is 9.53 Å². The van der Waals surface area contributed by atoms with Crippen molar-refractivity contribution in [3.8, 4) is 0 Å². The van der Waals surface area contributed by atoms with Gasteiger partial charge in [-0.1, -0.05) is 6.92 Å². The molecule has 0 bridgehead atoms.